The first-order valence-electron chi connectivity index (χ1n) is 7.69. The summed E-state index contributed by atoms with van der Waals surface area (Å²) < 4.78 is 1.57. The van der Waals surface area contributed by atoms with Crippen molar-refractivity contribution in [2.45, 2.75) is 19.8 Å². The SMILES string of the molecule is Cc1nnnn1-c1cccc(NC(=O)N2CCCC(C(=O)O)C2)c1. The molecule has 1 fully saturated rings. The third kappa shape index (κ3) is 3.34. The number of hydrogen-bond donors (Lipinski definition) is 2. The molecule has 1 atom stereocenters. The maximum atomic E-state index is 12.4. The molecule has 9 heteroatoms. The van der Waals surface area contributed by atoms with Crippen LogP contribution >= 0.6 is 0 Å². The van der Waals surface area contributed by atoms with Gasteiger partial charge in [0.15, 0.2) is 5.82 Å². The lowest BCUT2D eigenvalue weighted by atomic mass is 9.99. The van der Waals surface area contributed by atoms with E-state index in [1.165, 1.54) is 4.90 Å². The number of nitrogens with zero attached hydrogens (tertiary/aromatic N) is 5. The highest BCUT2D eigenvalue weighted by Crippen LogP contribution is 2.19. The number of carboxylic acids is 1. The van der Waals surface area contributed by atoms with Crippen molar-refractivity contribution in [1.29, 1.82) is 0 Å². The van der Waals surface area contributed by atoms with Gasteiger partial charge in [0.25, 0.3) is 0 Å². The Labute approximate surface area is 138 Å². The lowest BCUT2D eigenvalue weighted by Crippen LogP contribution is -2.44. The fourth-order valence-electron chi connectivity index (χ4n) is 2.75. The summed E-state index contributed by atoms with van der Waals surface area (Å²) in [5, 5.41) is 23.2. The number of hydrogen-bond acceptors (Lipinski definition) is 5. The highest BCUT2D eigenvalue weighted by molar-refractivity contribution is 5.90. The largest absolute Gasteiger partial charge is 0.481 e. The van der Waals surface area contributed by atoms with Gasteiger partial charge in [-0.1, -0.05) is 6.07 Å². The van der Waals surface area contributed by atoms with Crippen molar-refractivity contribution in [2.24, 2.45) is 5.92 Å². The summed E-state index contributed by atoms with van der Waals surface area (Å²) in [6.45, 7) is 2.57. The summed E-state index contributed by atoms with van der Waals surface area (Å²) in [6.07, 6.45) is 1.29. The van der Waals surface area contributed by atoms with Crippen molar-refractivity contribution < 1.29 is 14.7 Å². The Hall–Kier alpha value is -2.97. The number of carboxylic acid groups (broad SMARTS) is 1. The van der Waals surface area contributed by atoms with Crippen LogP contribution in [0.5, 0.6) is 0 Å². The number of aliphatic carboxylic acids is 1. The van der Waals surface area contributed by atoms with E-state index in [1.54, 1.807) is 29.8 Å². The molecular formula is C15H18N6O3. The number of amides is 2. The summed E-state index contributed by atoms with van der Waals surface area (Å²) in [4.78, 5) is 25.0. The van der Waals surface area contributed by atoms with Crippen LogP contribution in [0.25, 0.3) is 5.69 Å². The minimum absolute atomic E-state index is 0.229. The van der Waals surface area contributed by atoms with Crippen LogP contribution in [-0.2, 0) is 4.79 Å². The maximum Gasteiger partial charge on any atom is 0.321 e. The smallest absolute Gasteiger partial charge is 0.321 e. The molecule has 1 saturated heterocycles. The van der Waals surface area contributed by atoms with Gasteiger partial charge in [0.1, 0.15) is 0 Å². The Morgan fingerprint density at radius 1 is 1.38 bits per heavy atom. The van der Waals surface area contributed by atoms with Gasteiger partial charge in [0.2, 0.25) is 0 Å². The molecule has 1 unspecified atom stereocenters. The van der Waals surface area contributed by atoms with E-state index >= 15 is 0 Å². The van der Waals surface area contributed by atoms with Gasteiger partial charge < -0.3 is 15.3 Å². The number of piperidine rings is 1. The van der Waals surface area contributed by atoms with Gasteiger partial charge >= 0.3 is 12.0 Å². The first-order chi connectivity index (χ1) is 11.5. The summed E-state index contributed by atoms with van der Waals surface area (Å²) >= 11 is 0. The monoisotopic (exact) mass is 330 g/mol. The number of anilines is 1. The zero-order valence-corrected chi connectivity index (χ0v) is 13.2. The second kappa shape index (κ2) is 6.65. The molecule has 2 amide bonds. The van der Waals surface area contributed by atoms with E-state index in [0.29, 0.717) is 30.9 Å². The van der Waals surface area contributed by atoms with Crippen LogP contribution < -0.4 is 5.32 Å². The van der Waals surface area contributed by atoms with Crippen LogP contribution in [0.1, 0.15) is 18.7 Å². The van der Waals surface area contributed by atoms with E-state index in [9.17, 15) is 9.59 Å². The minimum atomic E-state index is -0.858. The van der Waals surface area contributed by atoms with E-state index in [0.717, 1.165) is 5.69 Å². The normalized spacial score (nSPS) is 17.5. The van der Waals surface area contributed by atoms with Gasteiger partial charge in [-0.05, 0) is 48.4 Å². The van der Waals surface area contributed by atoms with Crippen LogP contribution in [0.15, 0.2) is 24.3 Å². The molecule has 0 spiro atoms. The van der Waals surface area contributed by atoms with E-state index in [4.69, 9.17) is 5.11 Å². The standard InChI is InChI=1S/C15H18N6O3/c1-10-17-18-19-21(10)13-6-2-5-12(8-13)16-15(24)20-7-3-4-11(9-20)14(22)23/h2,5-6,8,11H,3-4,7,9H2,1H3,(H,16,24)(H,22,23). The first kappa shape index (κ1) is 15.9. The highest BCUT2D eigenvalue weighted by atomic mass is 16.4. The number of carbonyl (C=O) groups excluding carboxylic acids is 1. The molecule has 0 aliphatic carbocycles. The number of nitrogens with one attached hydrogen (secondary N) is 1. The van der Waals surface area contributed by atoms with Crippen molar-refractivity contribution >= 4 is 17.7 Å². The second-order valence-corrected chi connectivity index (χ2v) is 5.74. The van der Waals surface area contributed by atoms with Crippen LogP contribution in [0.4, 0.5) is 10.5 Å². The van der Waals surface area contributed by atoms with Crippen LogP contribution in [0.3, 0.4) is 0 Å². The second-order valence-electron chi connectivity index (χ2n) is 5.74. The topological polar surface area (TPSA) is 113 Å². The Balaban J connectivity index is 1.71. The van der Waals surface area contributed by atoms with Crippen molar-refractivity contribution in [3.8, 4) is 5.69 Å². The van der Waals surface area contributed by atoms with Crippen molar-refractivity contribution in [2.75, 3.05) is 18.4 Å². The van der Waals surface area contributed by atoms with Gasteiger partial charge in [-0.2, -0.15) is 4.68 Å². The Kier molecular flexibility index (Phi) is 4.41. The molecule has 3 rings (SSSR count). The quantitative estimate of drug-likeness (QED) is 0.877. The predicted molar refractivity (Wildman–Crippen MR) is 84.8 cm³/mol. The third-order valence-corrected chi connectivity index (χ3v) is 4.03. The molecule has 1 aromatic carbocycles. The van der Waals surface area contributed by atoms with E-state index in [2.05, 4.69) is 20.8 Å². The van der Waals surface area contributed by atoms with Gasteiger partial charge in [0.05, 0.1) is 11.6 Å². The van der Waals surface area contributed by atoms with Gasteiger partial charge in [-0.15, -0.1) is 5.10 Å². The highest BCUT2D eigenvalue weighted by Gasteiger charge is 2.28. The Morgan fingerprint density at radius 3 is 2.92 bits per heavy atom. The number of aromatic nitrogens is 4. The lowest BCUT2D eigenvalue weighted by molar-refractivity contribution is -0.143. The van der Waals surface area contributed by atoms with E-state index in [-0.39, 0.29) is 12.6 Å². The lowest BCUT2D eigenvalue weighted by Gasteiger charge is -2.30. The number of urea groups is 1. The minimum Gasteiger partial charge on any atom is -0.481 e. The fraction of sp³-hybridized carbons (Fsp3) is 0.400. The molecule has 9 nitrogen and oxygen atoms in total. The molecule has 0 bridgehead atoms. The molecule has 2 heterocycles. The van der Waals surface area contributed by atoms with Crippen molar-refractivity contribution in [3.05, 3.63) is 30.1 Å². The zero-order chi connectivity index (χ0) is 17.1. The summed E-state index contributed by atoms with van der Waals surface area (Å²) in [7, 11) is 0. The molecule has 2 aromatic rings. The van der Waals surface area contributed by atoms with E-state index < -0.39 is 11.9 Å². The number of tetrazole rings is 1. The Bertz CT molecular complexity index is 759. The zero-order valence-electron chi connectivity index (χ0n) is 13.2. The molecule has 1 aliphatic heterocycles. The first-order valence-corrected chi connectivity index (χ1v) is 7.69. The summed E-state index contributed by atoms with van der Waals surface area (Å²) in [5.41, 5.74) is 1.34. The van der Waals surface area contributed by atoms with Crippen molar-refractivity contribution in [1.82, 2.24) is 25.1 Å². The third-order valence-electron chi connectivity index (χ3n) is 4.03. The molecule has 0 saturated carbocycles. The van der Waals surface area contributed by atoms with Crippen LogP contribution in [-0.4, -0.2) is 55.3 Å². The average molecular weight is 330 g/mol. The van der Waals surface area contributed by atoms with Crippen LogP contribution in [0.2, 0.25) is 0 Å². The molecule has 1 aliphatic rings. The molecule has 24 heavy (non-hydrogen) atoms. The molecule has 1 aromatic heterocycles. The average Bonchev–Trinajstić information content (AvgIpc) is 3.01. The number of aryl methyl sites for hydroxylation is 1. The maximum absolute atomic E-state index is 12.4. The molecule has 2 N–H and O–H groups in total. The van der Waals surface area contributed by atoms with E-state index in [1.807, 2.05) is 6.07 Å². The molecular weight excluding hydrogens is 312 g/mol. The summed E-state index contributed by atoms with van der Waals surface area (Å²) in [6, 6.07) is 6.86. The van der Waals surface area contributed by atoms with Crippen LogP contribution in [0, 0.1) is 12.8 Å². The van der Waals surface area contributed by atoms with Gasteiger partial charge in [0, 0.05) is 18.8 Å². The molecule has 0 radical (unpaired) electrons. The number of rotatable bonds is 3. The van der Waals surface area contributed by atoms with Gasteiger partial charge in [-0.3, -0.25) is 4.79 Å². The number of benzene rings is 1. The number of carbonyl (C=O) groups is 2. The molecule has 126 valence electrons. The summed E-state index contributed by atoms with van der Waals surface area (Å²) in [5.74, 6) is -0.720. The van der Waals surface area contributed by atoms with Gasteiger partial charge in [-0.25, -0.2) is 4.79 Å². The number of likely N-dealkylation sites (tertiary alicyclic amines) is 1. The predicted octanol–water partition coefficient (Wildman–Crippen LogP) is 1.30. The van der Waals surface area contributed by atoms with Crippen molar-refractivity contribution in [3.63, 3.8) is 0 Å². The fourth-order valence-corrected chi connectivity index (χ4v) is 2.75. The Morgan fingerprint density at radius 2 is 2.21 bits per heavy atom.